The lowest BCUT2D eigenvalue weighted by Crippen LogP contribution is -2.21. The molecule has 2 heterocycles. The molecule has 0 aliphatic heterocycles. The van der Waals surface area contributed by atoms with Crippen LogP contribution in [0.25, 0.3) is 6.08 Å². The largest absolute Gasteiger partial charge is 0.451 e. The summed E-state index contributed by atoms with van der Waals surface area (Å²) in [5.74, 6) is -0.936. The molecule has 7 nitrogen and oxygen atoms in total. The van der Waals surface area contributed by atoms with Gasteiger partial charge >= 0.3 is 5.97 Å². The van der Waals surface area contributed by atoms with Gasteiger partial charge in [0.15, 0.2) is 6.61 Å². The maximum absolute atomic E-state index is 12.4. The second-order valence-electron chi connectivity index (χ2n) is 8.30. The smallest absolute Gasteiger partial charge is 0.349 e. The van der Waals surface area contributed by atoms with Crippen LogP contribution in [0.1, 0.15) is 53.2 Å². The van der Waals surface area contributed by atoms with Crippen molar-refractivity contribution in [2.24, 2.45) is 5.92 Å². The molecule has 1 amide bonds. The summed E-state index contributed by atoms with van der Waals surface area (Å²) < 4.78 is 7.22. The lowest BCUT2D eigenvalue weighted by molar-refractivity contribution is -0.142. The molecule has 2 aromatic rings. The van der Waals surface area contributed by atoms with E-state index in [0.29, 0.717) is 16.5 Å². The van der Waals surface area contributed by atoms with E-state index >= 15 is 0 Å². The second kappa shape index (κ2) is 9.84. The first-order valence-electron chi connectivity index (χ1n) is 10.5. The van der Waals surface area contributed by atoms with Crippen LogP contribution in [0.3, 0.4) is 0 Å². The molecular weight excluding hydrogens is 424 g/mol. The van der Waals surface area contributed by atoms with E-state index in [1.165, 1.54) is 17.4 Å². The number of ether oxygens (including phenoxy) is 1. The molecule has 0 unspecified atom stereocenters. The lowest BCUT2D eigenvalue weighted by Gasteiger charge is -2.12. The average Bonchev–Trinajstić information content (AvgIpc) is 3.39. The van der Waals surface area contributed by atoms with Crippen molar-refractivity contribution in [2.75, 3.05) is 11.9 Å². The molecule has 166 valence electrons. The van der Waals surface area contributed by atoms with E-state index < -0.39 is 18.5 Å². The summed E-state index contributed by atoms with van der Waals surface area (Å²) in [5, 5.41) is 22.0. The Morgan fingerprint density at radius 3 is 2.72 bits per heavy atom. The van der Waals surface area contributed by atoms with E-state index in [-0.39, 0.29) is 5.57 Å². The number of amides is 1. The van der Waals surface area contributed by atoms with Gasteiger partial charge in [-0.1, -0.05) is 13.8 Å². The monoisotopic (exact) mass is 450 g/mol. The quantitative estimate of drug-likeness (QED) is 0.385. The number of carbonyl (C=O) groups excluding carboxylic acids is 2. The molecule has 0 fully saturated rings. The molecule has 0 atom stereocenters. The Morgan fingerprint density at radius 1 is 1.31 bits per heavy atom. The van der Waals surface area contributed by atoms with Crippen LogP contribution in [0.5, 0.6) is 0 Å². The number of nitriles is 2. The van der Waals surface area contributed by atoms with Gasteiger partial charge in [0.1, 0.15) is 22.7 Å². The highest BCUT2D eigenvalue weighted by molar-refractivity contribution is 7.16. The molecule has 2 aromatic heterocycles. The third-order valence-electron chi connectivity index (χ3n) is 5.42. The molecule has 0 radical (unpaired) electrons. The highest BCUT2D eigenvalue weighted by atomic mass is 32.1. The van der Waals surface area contributed by atoms with Crippen LogP contribution in [0.2, 0.25) is 0 Å². The number of anilines is 1. The van der Waals surface area contributed by atoms with Crippen molar-refractivity contribution in [3.8, 4) is 12.1 Å². The van der Waals surface area contributed by atoms with Gasteiger partial charge < -0.3 is 14.6 Å². The summed E-state index contributed by atoms with van der Waals surface area (Å²) in [6.45, 7) is 8.49. The third kappa shape index (κ3) is 4.92. The van der Waals surface area contributed by atoms with Gasteiger partial charge in [-0.2, -0.15) is 10.5 Å². The van der Waals surface area contributed by atoms with Crippen LogP contribution in [-0.4, -0.2) is 23.1 Å². The summed E-state index contributed by atoms with van der Waals surface area (Å²) in [7, 11) is 0. The van der Waals surface area contributed by atoms with E-state index in [2.05, 4.69) is 29.8 Å². The standard InChI is InChI=1S/C24H26N4O3S/c1-14(2)12-28-15(3)8-17(16(28)4)9-18(10-25)24(30)31-13-22(29)27-23-20(11-26)19-6-5-7-21(19)32-23/h8-9,14H,5-7,12-13H2,1-4H3,(H,27,29)/b18-9-. The molecule has 0 saturated heterocycles. The summed E-state index contributed by atoms with van der Waals surface area (Å²) in [4.78, 5) is 25.8. The topological polar surface area (TPSA) is 108 Å². The third-order valence-corrected chi connectivity index (χ3v) is 6.63. The Hall–Kier alpha value is -3.36. The number of nitrogens with one attached hydrogen (secondary N) is 1. The second-order valence-corrected chi connectivity index (χ2v) is 9.40. The van der Waals surface area contributed by atoms with Crippen molar-refractivity contribution in [2.45, 2.75) is 53.5 Å². The predicted octanol–water partition coefficient (Wildman–Crippen LogP) is 4.27. The number of aromatic nitrogens is 1. The zero-order valence-electron chi connectivity index (χ0n) is 18.7. The molecule has 1 N–H and O–H groups in total. The van der Waals surface area contributed by atoms with Crippen molar-refractivity contribution in [1.82, 2.24) is 4.57 Å². The fourth-order valence-corrected chi connectivity index (χ4v) is 5.15. The summed E-state index contributed by atoms with van der Waals surface area (Å²) in [5.41, 5.74) is 4.11. The summed E-state index contributed by atoms with van der Waals surface area (Å²) in [6, 6.07) is 5.95. The number of esters is 1. The van der Waals surface area contributed by atoms with E-state index in [0.717, 1.165) is 53.2 Å². The van der Waals surface area contributed by atoms with Crippen molar-refractivity contribution < 1.29 is 14.3 Å². The average molecular weight is 451 g/mol. The van der Waals surface area contributed by atoms with Crippen molar-refractivity contribution in [3.63, 3.8) is 0 Å². The van der Waals surface area contributed by atoms with E-state index in [4.69, 9.17) is 4.74 Å². The molecule has 8 heteroatoms. The first-order valence-corrected chi connectivity index (χ1v) is 11.4. The maximum atomic E-state index is 12.4. The fourth-order valence-electron chi connectivity index (χ4n) is 3.89. The van der Waals surface area contributed by atoms with E-state index in [9.17, 15) is 20.1 Å². The molecular formula is C24H26N4O3S. The number of thiophene rings is 1. The number of fused-ring (bicyclic) bond motifs is 1. The zero-order valence-corrected chi connectivity index (χ0v) is 19.6. The Morgan fingerprint density at radius 2 is 2.06 bits per heavy atom. The van der Waals surface area contributed by atoms with Gasteiger partial charge in [0.2, 0.25) is 0 Å². The summed E-state index contributed by atoms with van der Waals surface area (Å²) >= 11 is 1.40. The van der Waals surface area contributed by atoms with Crippen LogP contribution in [0.15, 0.2) is 11.6 Å². The minimum Gasteiger partial charge on any atom is -0.451 e. The number of aryl methyl sites for hydroxylation is 2. The molecule has 3 rings (SSSR count). The molecule has 32 heavy (non-hydrogen) atoms. The lowest BCUT2D eigenvalue weighted by atomic mass is 10.1. The van der Waals surface area contributed by atoms with Gasteiger partial charge in [-0.3, -0.25) is 4.79 Å². The number of hydrogen-bond donors (Lipinski definition) is 1. The zero-order chi connectivity index (χ0) is 23.4. The van der Waals surface area contributed by atoms with Crippen molar-refractivity contribution >= 4 is 34.3 Å². The Labute approximate surface area is 191 Å². The van der Waals surface area contributed by atoms with Crippen LogP contribution in [0, 0.1) is 42.4 Å². The van der Waals surface area contributed by atoms with Crippen LogP contribution >= 0.6 is 11.3 Å². The van der Waals surface area contributed by atoms with Gasteiger partial charge in [0.25, 0.3) is 5.91 Å². The minimum atomic E-state index is -0.856. The van der Waals surface area contributed by atoms with E-state index in [1.54, 1.807) is 0 Å². The van der Waals surface area contributed by atoms with Gasteiger partial charge in [0, 0.05) is 22.8 Å². The minimum absolute atomic E-state index is 0.171. The molecule has 0 saturated carbocycles. The van der Waals surface area contributed by atoms with Crippen LogP contribution < -0.4 is 5.32 Å². The Kier molecular flexibility index (Phi) is 7.17. The van der Waals surface area contributed by atoms with Gasteiger partial charge in [-0.15, -0.1) is 11.3 Å². The predicted molar refractivity (Wildman–Crippen MR) is 123 cm³/mol. The number of rotatable bonds is 7. The molecule has 1 aliphatic carbocycles. The molecule has 0 spiro atoms. The molecule has 0 bridgehead atoms. The van der Waals surface area contributed by atoms with Gasteiger partial charge in [0.05, 0.1) is 5.56 Å². The summed E-state index contributed by atoms with van der Waals surface area (Å²) in [6.07, 6.45) is 4.27. The highest BCUT2D eigenvalue weighted by Gasteiger charge is 2.23. The molecule has 0 aromatic carbocycles. The fraction of sp³-hybridized carbons (Fsp3) is 0.417. The highest BCUT2D eigenvalue weighted by Crippen LogP contribution is 2.38. The Bertz CT molecular complexity index is 1170. The van der Waals surface area contributed by atoms with Gasteiger partial charge in [-0.25, -0.2) is 4.79 Å². The normalized spacial score (nSPS) is 12.9. The first kappa shape index (κ1) is 23.3. The Balaban J connectivity index is 1.66. The molecule has 1 aliphatic rings. The van der Waals surface area contributed by atoms with Crippen LogP contribution in [-0.2, 0) is 33.7 Å². The maximum Gasteiger partial charge on any atom is 0.349 e. The van der Waals surface area contributed by atoms with Crippen molar-refractivity contribution in [3.05, 3.63) is 44.6 Å². The van der Waals surface area contributed by atoms with Gasteiger partial charge in [-0.05, 0) is 62.3 Å². The van der Waals surface area contributed by atoms with E-state index in [1.807, 2.05) is 26.0 Å². The van der Waals surface area contributed by atoms with Crippen LogP contribution in [0.4, 0.5) is 5.00 Å². The van der Waals surface area contributed by atoms with Crippen molar-refractivity contribution in [1.29, 1.82) is 10.5 Å². The number of nitrogens with zero attached hydrogens (tertiary/aromatic N) is 3. The number of hydrogen-bond acceptors (Lipinski definition) is 6. The SMILES string of the molecule is Cc1cc(/C=C(/C#N)C(=O)OCC(=O)Nc2sc3c(c2C#N)CCC3)c(C)n1CC(C)C. The number of carbonyl (C=O) groups is 2. The first-order chi connectivity index (χ1) is 15.2.